The van der Waals surface area contributed by atoms with E-state index in [-0.39, 0.29) is 42.3 Å². The Hall–Kier alpha value is -2.23. The maximum atomic E-state index is 13.5. The molecule has 1 atom stereocenters. The molecule has 0 bridgehead atoms. The molecule has 0 aliphatic carbocycles. The number of methoxy groups -OCH3 is 2. The summed E-state index contributed by atoms with van der Waals surface area (Å²) in [7, 11) is 3.24. The number of nitrogens with one attached hydrogen (secondary N) is 2. The number of rotatable bonds is 7. The molecular formula is C20H27FIN3O3. The van der Waals surface area contributed by atoms with Crippen LogP contribution in [-0.4, -0.2) is 31.8 Å². The lowest BCUT2D eigenvalue weighted by Crippen LogP contribution is -2.38. The number of halogens is 2. The number of nitrogens with zero attached hydrogens (tertiary/aromatic N) is 1. The predicted octanol–water partition coefficient (Wildman–Crippen LogP) is 3.98. The van der Waals surface area contributed by atoms with Crippen LogP contribution in [0.5, 0.6) is 17.2 Å². The Kier molecular flexibility index (Phi) is 9.84. The van der Waals surface area contributed by atoms with Gasteiger partial charge in [0.2, 0.25) is 0 Å². The second-order valence-corrected chi connectivity index (χ2v) is 5.95. The highest BCUT2D eigenvalue weighted by atomic mass is 127. The summed E-state index contributed by atoms with van der Waals surface area (Å²) in [4.78, 5) is 4.49. The van der Waals surface area contributed by atoms with Crippen LogP contribution >= 0.6 is 24.0 Å². The van der Waals surface area contributed by atoms with E-state index < -0.39 is 5.82 Å². The summed E-state index contributed by atoms with van der Waals surface area (Å²) in [5.74, 6) is 1.04. The number of hydrogen-bond acceptors (Lipinski definition) is 4. The van der Waals surface area contributed by atoms with Crippen LogP contribution in [0.25, 0.3) is 0 Å². The molecule has 3 N–H and O–H groups in total. The van der Waals surface area contributed by atoms with E-state index >= 15 is 0 Å². The molecule has 0 aromatic heterocycles. The zero-order valence-corrected chi connectivity index (χ0v) is 18.8. The third-order valence-corrected chi connectivity index (χ3v) is 4.03. The predicted molar refractivity (Wildman–Crippen MR) is 119 cm³/mol. The lowest BCUT2D eigenvalue weighted by molar-refractivity contribution is 0.394. The van der Waals surface area contributed by atoms with Crippen molar-refractivity contribution in [2.75, 3.05) is 20.8 Å². The molecule has 0 saturated heterocycles. The molecule has 0 heterocycles. The number of guanidine groups is 1. The first kappa shape index (κ1) is 23.8. The van der Waals surface area contributed by atoms with Crippen molar-refractivity contribution in [1.82, 2.24) is 10.6 Å². The largest absolute Gasteiger partial charge is 0.505 e. The minimum Gasteiger partial charge on any atom is -0.505 e. The van der Waals surface area contributed by atoms with E-state index in [1.54, 1.807) is 20.3 Å². The van der Waals surface area contributed by atoms with Crippen molar-refractivity contribution in [1.29, 1.82) is 0 Å². The highest BCUT2D eigenvalue weighted by molar-refractivity contribution is 14.0. The molecule has 2 rings (SSSR count). The molecule has 0 amide bonds. The first-order valence-corrected chi connectivity index (χ1v) is 8.72. The van der Waals surface area contributed by atoms with Gasteiger partial charge in [-0.25, -0.2) is 9.38 Å². The summed E-state index contributed by atoms with van der Waals surface area (Å²) in [5.41, 5.74) is 1.59. The topological polar surface area (TPSA) is 75.1 Å². The van der Waals surface area contributed by atoms with E-state index in [0.717, 1.165) is 17.1 Å². The maximum Gasteiger partial charge on any atom is 0.192 e. The van der Waals surface area contributed by atoms with Gasteiger partial charge in [-0.05, 0) is 49.7 Å². The smallest absolute Gasteiger partial charge is 0.192 e. The standard InChI is InChI=1S/C20H26FN3O3.HI/c1-5-22-20(23-12-14-6-8-18(25)17(21)10-14)24-13(2)16-11-15(26-3)7-9-19(16)27-4;/h6-11,13,25H,5,12H2,1-4H3,(H2,22,23,24);1H. The Morgan fingerprint density at radius 1 is 1.18 bits per heavy atom. The van der Waals surface area contributed by atoms with Crippen LogP contribution in [0.1, 0.15) is 31.0 Å². The number of ether oxygens (including phenoxy) is 2. The molecule has 2 aromatic rings. The van der Waals surface area contributed by atoms with Gasteiger partial charge in [-0.2, -0.15) is 0 Å². The first-order valence-electron chi connectivity index (χ1n) is 8.72. The van der Waals surface area contributed by atoms with Gasteiger partial charge < -0.3 is 25.2 Å². The van der Waals surface area contributed by atoms with Gasteiger partial charge in [0.1, 0.15) is 11.5 Å². The van der Waals surface area contributed by atoms with E-state index in [9.17, 15) is 9.50 Å². The molecule has 0 spiro atoms. The van der Waals surface area contributed by atoms with Gasteiger partial charge in [0.15, 0.2) is 17.5 Å². The summed E-state index contributed by atoms with van der Waals surface area (Å²) in [6, 6.07) is 9.74. The fourth-order valence-electron chi connectivity index (χ4n) is 2.60. The van der Waals surface area contributed by atoms with Crippen LogP contribution < -0.4 is 20.1 Å². The molecule has 6 nitrogen and oxygen atoms in total. The molecule has 154 valence electrons. The molecule has 0 radical (unpaired) electrons. The van der Waals surface area contributed by atoms with E-state index in [1.807, 2.05) is 32.0 Å². The monoisotopic (exact) mass is 503 g/mol. The number of phenolic OH excluding ortho intramolecular Hbond substituents is 1. The van der Waals surface area contributed by atoms with E-state index in [2.05, 4.69) is 15.6 Å². The summed E-state index contributed by atoms with van der Waals surface area (Å²) in [6.07, 6.45) is 0. The van der Waals surface area contributed by atoms with Crippen molar-refractivity contribution < 1.29 is 19.0 Å². The average molecular weight is 503 g/mol. The average Bonchev–Trinajstić information content (AvgIpc) is 2.68. The number of benzene rings is 2. The SMILES string of the molecule is CCNC(=NCc1ccc(O)c(F)c1)NC(C)c1cc(OC)ccc1OC.I. The van der Waals surface area contributed by atoms with E-state index in [4.69, 9.17) is 9.47 Å². The third kappa shape index (κ3) is 6.43. The lowest BCUT2D eigenvalue weighted by Gasteiger charge is -2.21. The fraction of sp³-hybridized carbons (Fsp3) is 0.350. The second kappa shape index (κ2) is 11.6. The summed E-state index contributed by atoms with van der Waals surface area (Å²) in [5, 5.41) is 15.8. The fourth-order valence-corrected chi connectivity index (χ4v) is 2.60. The molecule has 1 unspecified atom stereocenters. The van der Waals surface area contributed by atoms with Crippen LogP contribution in [0, 0.1) is 5.82 Å². The van der Waals surface area contributed by atoms with Gasteiger partial charge in [-0.15, -0.1) is 24.0 Å². The third-order valence-electron chi connectivity index (χ3n) is 4.03. The van der Waals surface area contributed by atoms with Gasteiger partial charge in [-0.1, -0.05) is 6.07 Å². The number of aliphatic imine (C=N–C) groups is 1. The molecule has 0 fully saturated rings. The summed E-state index contributed by atoms with van der Waals surface area (Å²) < 4.78 is 24.2. The van der Waals surface area contributed by atoms with E-state index in [1.165, 1.54) is 12.1 Å². The molecule has 0 aliphatic rings. The minimum absolute atomic E-state index is 0. The van der Waals surface area contributed by atoms with Gasteiger partial charge in [-0.3, -0.25) is 0 Å². The summed E-state index contributed by atoms with van der Waals surface area (Å²) in [6.45, 7) is 4.91. The number of aromatic hydroxyl groups is 1. The Bertz CT molecular complexity index is 802. The molecular weight excluding hydrogens is 476 g/mol. The van der Waals surface area contributed by atoms with Gasteiger partial charge in [0.25, 0.3) is 0 Å². The van der Waals surface area contributed by atoms with Crippen molar-refractivity contribution in [3.05, 3.63) is 53.3 Å². The van der Waals surface area contributed by atoms with Crippen LogP contribution in [0.15, 0.2) is 41.4 Å². The minimum atomic E-state index is -0.657. The molecule has 8 heteroatoms. The van der Waals surface area contributed by atoms with Gasteiger partial charge >= 0.3 is 0 Å². The lowest BCUT2D eigenvalue weighted by atomic mass is 10.1. The first-order chi connectivity index (χ1) is 13.0. The van der Waals surface area contributed by atoms with Crippen LogP contribution in [0.3, 0.4) is 0 Å². The van der Waals surface area contributed by atoms with Gasteiger partial charge in [0, 0.05) is 12.1 Å². The Morgan fingerprint density at radius 2 is 1.93 bits per heavy atom. The Balaban J connectivity index is 0.00000392. The van der Waals surface area contributed by atoms with E-state index in [0.29, 0.717) is 18.1 Å². The normalized spacial score (nSPS) is 12.0. The van der Waals surface area contributed by atoms with Crippen molar-refractivity contribution in [3.63, 3.8) is 0 Å². The second-order valence-electron chi connectivity index (χ2n) is 5.95. The van der Waals surface area contributed by atoms with Crippen LogP contribution in [0.2, 0.25) is 0 Å². The Morgan fingerprint density at radius 3 is 2.54 bits per heavy atom. The zero-order valence-electron chi connectivity index (χ0n) is 16.5. The Labute approximate surface area is 182 Å². The summed E-state index contributed by atoms with van der Waals surface area (Å²) >= 11 is 0. The molecule has 28 heavy (non-hydrogen) atoms. The highest BCUT2D eigenvalue weighted by Crippen LogP contribution is 2.29. The van der Waals surface area contributed by atoms with Crippen molar-refractivity contribution in [3.8, 4) is 17.2 Å². The number of phenols is 1. The zero-order chi connectivity index (χ0) is 19.8. The quantitative estimate of drug-likeness (QED) is 0.303. The molecule has 0 saturated carbocycles. The molecule has 0 aliphatic heterocycles. The van der Waals surface area contributed by atoms with Crippen molar-refractivity contribution in [2.24, 2.45) is 4.99 Å². The highest BCUT2D eigenvalue weighted by Gasteiger charge is 2.14. The van der Waals surface area contributed by atoms with Gasteiger partial charge in [0.05, 0.1) is 26.8 Å². The van der Waals surface area contributed by atoms with Crippen LogP contribution in [-0.2, 0) is 6.54 Å². The molecule has 2 aromatic carbocycles. The maximum absolute atomic E-state index is 13.5. The van der Waals surface area contributed by atoms with Crippen molar-refractivity contribution >= 4 is 29.9 Å². The number of hydrogen-bond donors (Lipinski definition) is 3. The van der Waals surface area contributed by atoms with Crippen LogP contribution in [0.4, 0.5) is 4.39 Å². The van der Waals surface area contributed by atoms with Crippen molar-refractivity contribution in [2.45, 2.75) is 26.4 Å².